The molecule has 5 aromatic heterocycles. The molecule has 5 heterocycles. The van der Waals surface area contributed by atoms with Crippen LogP contribution in [0.2, 0.25) is 0 Å². The van der Waals surface area contributed by atoms with Crippen LogP contribution in [-0.4, -0.2) is 9.13 Å². The molecule has 0 atom stereocenters. The van der Waals surface area contributed by atoms with Gasteiger partial charge in [0.25, 0.3) is 0 Å². The first-order valence-electron chi connectivity index (χ1n) is 23.3. The van der Waals surface area contributed by atoms with Crippen molar-refractivity contribution in [2.45, 2.75) is 6.92 Å². The number of aryl methyl sites for hydroxylation is 1. The third-order valence-corrected chi connectivity index (χ3v) is 18.0. The predicted molar refractivity (Wildman–Crippen MR) is 300 cm³/mol. The molecule has 10 aromatic carbocycles. The van der Waals surface area contributed by atoms with Crippen molar-refractivity contribution in [3.8, 4) is 39.7 Å². The van der Waals surface area contributed by atoms with Gasteiger partial charge in [-0.1, -0.05) is 163 Å². The van der Waals surface area contributed by atoms with Crippen molar-refractivity contribution in [2.24, 2.45) is 0 Å². The highest BCUT2D eigenvalue weighted by molar-refractivity contribution is 7.27. The number of benzene rings is 10. The standard InChI is InChI=1S/C63H34N4S3/c1-35-25-32-49-47(33-35)43-28-31-44-38-19-9-12-22-50(38)68-61(44)57(43)66(49)60-53(36-15-5-3-6-16-36)48(34-64)56(55(65-2)54(60)37-17-7-4-8-18-37)67-58-41(26-29-45-39-20-10-13-23-51(39)69-62(45)58)42-27-30-46-40-21-11-14-24-52(40)70-63(46)59(42)67/h3-33H,1H3. The van der Waals surface area contributed by atoms with Gasteiger partial charge in [0.2, 0.25) is 5.69 Å². The van der Waals surface area contributed by atoms with Gasteiger partial charge in [-0.2, -0.15) is 5.26 Å². The molecule has 0 unspecified atom stereocenters. The van der Waals surface area contributed by atoms with Crippen molar-refractivity contribution >= 4 is 144 Å². The quantitative estimate of drug-likeness (QED) is 0.162. The second-order valence-electron chi connectivity index (χ2n) is 18.1. The molecule has 7 heteroatoms. The van der Waals surface area contributed by atoms with Crippen LogP contribution in [-0.2, 0) is 0 Å². The van der Waals surface area contributed by atoms with Crippen LogP contribution in [0.3, 0.4) is 0 Å². The fourth-order valence-corrected chi connectivity index (χ4v) is 15.2. The van der Waals surface area contributed by atoms with E-state index in [2.05, 4.69) is 198 Å². The first-order valence-corrected chi connectivity index (χ1v) is 25.7. The van der Waals surface area contributed by atoms with Crippen molar-refractivity contribution < 1.29 is 0 Å². The predicted octanol–water partition coefficient (Wildman–Crippen LogP) is 19.0. The maximum Gasteiger partial charge on any atom is 0.221 e. The van der Waals surface area contributed by atoms with Gasteiger partial charge >= 0.3 is 0 Å². The van der Waals surface area contributed by atoms with Gasteiger partial charge in [-0.25, -0.2) is 4.85 Å². The Hall–Kier alpha value is -8.56. The first-order chi connectivity index (χ1) is 34.6. The van der Waals surface area contributed by atoms with Gasteiger partial charge in [0.15, 0.2) is 0 Å². The molecular weight excluding hydrogens is 909 g/mol. The topological polar surface area (TPSA) is 38.0 Å². The summed E-state index contributed by atoms with van der Waals surface area (Å²) in [5, 5.41) is 23.9. The number of thiophene rings is 3. The summed E-state index contributed by atoms with van der Waals surface area (Å²) in [6.45, 7) is 11.8. The summed E-state index contributed by atoms with van der Waals surface area (Å²) < 4.78 is 11.8. The molecule has 0 aliphatic rings. The van der Waals surface area contributed by atoms with E-state index >= 15 is 0 Å². The van der Waals surface area contributed by atoms with E-state index in [1.807, 2.05) is 12.1 Å². The van der Waals surface area contributed by atoms with Gasteiger partial charge in [-0.05, 0) is 48.4 Å². The molecule has 70 heavy (non-hydrogen) atoms. The lowest BCUT2D eigenvalue weighted by Gasteiger charge is -2.26. The van der Waals surface area contributed by atoms with Crippen molar-refractivity contribution in [2.75, 3.05) is 0 Å². The normalized spacial score (nSPS) is 12.0. The van der Waals surface area contributed by atoms with Crippen LogP contribution in [0.25, 0.3) is 143 Å². The molecule has 0 aliphatic carbocycles. The van der Waals surface area contributed by atoms with E-state index in [0.29, 0.717) is 16.9 Å². The Bertz CT molecular complexity index is 4650. The summed E-state index contributed by atoms with van der Waals surface area (Å²) in [6, 6.07) is 69.9. The van der Waals surface area contributed by atoms with Gasteiger partial charge in [0.1, 0.15) is 6.07 Å². The molecule has 0 aliphatic heterocycles. The van der Waals surface area contributed by atoms with Crippen LogP contribution >= 0.6 is 34.0 Å². The minimum absolute atomic E-state index is 0.429. The van der Waals surface area contributed by atoms with Crippen molar-refractivity contribution in [1.29, 1.82) is 5.26 Å². The Morgan fingerprint density at radius 1 is 0.429 bits per heavy atom. The monoisotopic (exact) mass is 942 g/mol. The highest BCUT2D eigenvalue weighted by Crippen LogP contribution is 2.55. The van der Waals surface area contributed by atoms with E-state index in [1.165, 1.54) is 40.3 Å². The lowest BCUT2D eigenvalue weighted by atomic mass is 9.88. The van der Waals surface area contributed by atoms with Gasteiger partial charge in [-0.15, -0.1) is 34.0 Å². The zero-order valence-electron chi connectivity index (χ0n) is 37.4. The summed E-state index contributed by atoms with van der Waals surface area (Å²) in [6.07, 6.45) is 0. The maximum absolute atomic E-state index is 12.3. The van der Waals surface area contributed by atoms with Gasteiger partial charge in [0, 0.05) is 79.1 Å². The molecule has 4 nitrogen and oxygen atoms in total. The number of aromatic nitrogens is 2. The number of nitrogens with zero attached hydrogens (tertiary/aromatic N) is 4. The zero-order valence-corrected chi connectivity index (χ0v) is 39.9. The van der Waals surface area contributed by atoms with E-state index < -0.39 is 0 Å². The third kappa shape index (κ3) is 5.26. The SMILES string of the molecule is [C-]#[N+]c1c(-c2ccccc2)c(-n2c3ccc(C)cc3c3ccc4c5ccccc5sc4c32)c(-c2ccccc2)c(C#N)c1-n1c2c(ccc3c4ccccc4sc32)c2ccc3c4ccccc4sc3c21. The van der Waals surface area contributed by atoms with Crippen LogP contribution in [0.5, 0.6) is 0 Å². The Morgan fingerprint density at radius 3 is 1.34 bits per heavy atom. The van der Waals surface area contributed by atoms with E-state index in [9.17, 15) is 11.8 Å². The highest BCUT2D eigenvalue weighted by Gasteiger charge is 2.33. The average Bonchev–Trinajstić information content (AvgIpc) is 4.23. The average molecular weight is 943 g/mol. The molecule has 0 N–H and O–H groups in total. The van der Waals surface area contributed by atoms with Gasteiger partial charge in [0.05, 0.1) is 59.7 Å². The molecule has 0 fully saturated rings. The van der Waals surface area contributed by atoms with Crippen LogP contribution in [0, 0.1) is 24.8 Å². The van der Waals surface area contributed by atoms with Crippen molar-refractivity contribution in [1.82, 2.24) is 9.13 Å². The second-order valence-corrected chi connectivity index (χ2v) is 21.3. The Labute approximate surface area is 412 Å². The molecule has 15 rings (SSSR count). The largest absolute Gasteiger partial charge is 0.315 e. The third-order valence-electron chi connectivity index (χ3n) is 14.4. The molecule has 0 bridgehead atoms. The maximum atomic E-state index is 12.3. The summed E-state index contributed by atoms with van der Waals surface area (Å²) in [4.78, 5) is 4.72. The molecule has 15 aromatic rings. The lowest BCUT2D eigenvalue weighted by Crippen LogP contribution is -2.08. The molecule has 324 valence electrons. The van der Waals surface area contributed by atoms with Gasteiger partial charge in [-0.3, -0.25) is 0 Å². The Kier molecular flexibility index (Phi) is 8.29. The number of rotatable bonds is 4. The highest BCUT2D eigenvalue weighted by atomic mass is 32.1. The lowest BCUT2D eigenvalue weighted by molar-refractivity contribution is 1.15. The number of nitriles is 1. The Balaban J connectivity index is 1.24. The molecule has 0 saturated heterocycles. The smallest absolute Gasteiger partial charge is 0.221 e. The first kappa shape index (κ1) is 39.4. The molecule has 0 saturated carbocycles. The second kappa shape index (κ2) is 14.7. The minimum atomic E-state index is 0.429. The molecule has 0 amide bonds. The van der Waals surface area contributed by atoms with E-state index in [1.54, 1.807) is 34.0 Å². The molecule has 0 radical (unpaired) electrons. The summed E-state index contributed by atoms with van der Waals surface area (Å²) in [5.74, 6) is 0. The summed E-state index contributed by atoms with van der Waals surface area (Å²) in [7, 11) is 0. The van der Waals surface area contributed by atoms with Crippen LogP contribution in [0.4, 0.5) is 5.69 Å². The van der Waals surface area contributed by atoms with E-state index in [-0.39, 0.29) is 0 Å². The summed E-state index contributed by atoms with van der Waals surface area (Å²) in [5.41, 5.74) is 10.9. The number of hydrogen-bond donors (Lipinski definition) is 0. The van der Waals surface area contributed by atoms with Crippen LogP contribution in [0.15, 0.2) is 188 Å². The van der Waals surface area contributed by atoms with E-state index in [0.717, 1.165) is 97.3 Å². The van der Waals surface area contributed by atoms with E-state index in [4.69, 9.17) is 4.85 Å². The minimum Gasteiger partial charge on any atom is -0.315 e. The Morgan fingerprint density at radius 2 is 0.857 bits per heavy atom. The number of hydrogen-bond acceptors (Lipinski definition) is 4. The fourth-order valence-electron chi connectivity index (χ4n) is 11.5. The zero-order chi connectivity index (χ0) is 46.4. The van der Waals surface area contributed by atoms with Crippen LogP contribution in [0.1, 0.15) is 11.1 Å². The molecular formula is C63H34N4S3. The van der Waals surface area contributed by atoms with Crippen molar-refractivity contribution in [3.05, 3.63) is 211 Å². The summed E-state index contributed by atoms with van der Waals surface area (Å²) >= 11 is 5.37. The molecule has 0 spiro atoms. The van der Waals surface area contributed by atoms with Gasteiger partial charge < -0.3 is 9.13 Å². The number of fused-ring (bicyclic) bond motifs is 18. The fraction of sp³-hybridized carbons (Fsp3) is 0.0159. The van der Waals surface area contributed by atoms with Crippen molar-refractivity contribution in [3.63, 3.8) is 0 Å². The van der Waals surface area contributed by atoms with Crippen LogP contribution < -0.4 is 0 Å².